The fourth-order valence-corrected chi connectivity index (χ4v) is 3.80. The molecule has 24 heavy (non-hydrogen) atoms. The molecule has 2 fully saturated rings. The first-order chi connectivity index (χ1) is 11.6. The van der Waals surface area contributed by atoms with E-state index in [2.05, 4.69) is 15.6 Å². The van der Waals surface area contributed by atoms with Gasteiger partial charge in [-0.15, -0.1) is 0 Å². The predicted octanol–water partition coefficient (Wildman–Crippen LogP) is 1.87. The van der Waals surface area contributed by atoms with Crippen LogP contribution in [0.1, 0.15) is 68.1 Å². The fraction of sp³-hybridized carbons (Fsp3) is 0.611. The number of carbonyl (C=O) groups excluding carboxylic acids is 2. The number of pyridine rings is 1. The summed E-state index contributed by atoms with van der Waals surface area (Å²) < 4.78 is 0. The fourth-order valence-electron chi connectivity index (χ4n) is 3.80. The van der Waals surface area contributed by atoms with Crippen molar-refractivity contribution in [3.8, 4) is 0 Å². The molecule has 0 atom stereocenters. The molecule has 0 unspecified atom stereocenters. The van der Waals surface area contributed by atoms with Crippen LogP contribution in [-0.2, 0) is 4.79 Å². The molecule has 3 N–H and O–H groups in total. The maximum absolute atomic E-state index is 12.9. The van der Waals surface area contributed by atoms with E-state index < -0.39 is 5.54 Å². The molecule has 2 aliphatic rings. The van der Waals surface area contributed by atoms with Crippen molar-refractivity contribution in [2.75, 3.05) is 0 Å². The summed E-state index contributed by atoms with van der Waals surface area (Å²) in [7, 11) is 0. The highest BCUT2D eigenvalue weighted by molar-refractivity contribution is 5.99. The third-order valence-corrected chi connectivity index (χ3v) is 5.23. The van der Waals surface area contributed by atoms with Gasteiger partial charge in [0.15, 0.2) is 0 Å². The zero-order valence-corrected chi connectivity index (χ0v) is 13.9. The zero-order valence-electron chi connectivity index (χ0n) is 13.9. The summed E-state index contributed by atoms with van der Waals surface area (Å²) in [4.78, 5) is 39.1. The van der Waals surface area contributed by atoms with Crippen molar-refractivity contribution in [3.05, 3.63) is 34.2 Å². The number of hydrogen-bond donors (Lipinski definition) is 3. The van der Waals surface area contributed by atoms with Crippen molar-refractivity contribution in [2.24, 2.45) is 0 Å². The molecule has 6 nitrogen and oxygen atoms in total. The summed E-state index contributed by atoms with van der Waals surface area (Å²) in [5, 5.41) is 6.11. The van der Waals surface area contributed by atoms with Crippen molar-refractivity contribution in [1.82, 2.24) is 15.6 Å². The molecule has 0 aliphatic heterocycles. The molecule has 2 saturated carbocycles. The lowest BCUT2D eigenvalue weighted by Crippen LogP contribution is -2.61. The van der Waals surface area contributed by atoms with E-state index in [-0.39, 0.29) is 23.4 Å². The van der Waals surface area contributed by atoms with Crippen molar-refractivity contribution in [1.29, 1.82) is 0 Å². The average molecular weight is 331 g/mol. The first kappa shape index (κ1) is 16.7. The van der Waals surface area contributed by atoms with Crippen LogP contribution in [0.2, 0.25) is 0 Å². The molecule has 6 heteroatoms. The number of carbonyl (C=O) groups is 2. The van der Waals surface area contributed by atoms with Gasteiger partial charge >= 0.3 is 0 Å². The Balaban J connectivity index is 1.74. The van der Waals surface area contributed by atoms with Crippen LogP contribution >= 0.6 is 0 Å². The Morgan fingerprint density at radius 3 is 2.38 bits per heavy atom. The number of amides is 2. The first-order valence-electron chi connectivity index (χ1n) is 8.91. The van der Waals surface area contributed by atoms with Crippen LogP contribution in [0, 0.1) is 0 Å². The monoisotopic (exact) mass is 331 g/mol. The van der Waals surface area contributed by atoms with Gasteiger partial charge in [-0.3, -0.25) is 14.4 Å². The maximum Gasteiger partial charge on any atom is 0.253 e. The zero-order chi connectivity index (χ0) is 17.0. The van der Waals surface area contributed by atoms with E-state index in [0.29, 0.717) is 18.4 Å². The number of nitrogens with one attached hydrogen (secondary N) is 3. The van der Waals surface area contributed by atoms with Gasteiger partial charge in [0.25, 0.3) is 5.91 Å². The number of rotatable bonds is 4. The molecule has 0 aromatic carbocycles. The van der Waals surface area contributed by atoms with Crippen molar-refractivity contribution < 1.29 is 9.59 Å². The molecular weight excluding hydrogens is 306 g/mol. The van der Waals surface area contributed by atoms with E-state index in [1.54, 1.807) is 0 Å². The SMILES string of the molecule is O=C(NC1(C(=O)NC2CCCC2)CCCCC1)c1ccc(=O)[nH]c1. The third-order valence-electron chi connectivity index (χ3n) is 5.23. The van der Waals surface area contributed by atoms with E-state index in [9.17, 15) is 14.4 Å². The Hall–Kier alpha value is -2.11. The molecule has 0 spiro atoms. The molecule has 0 saturated heterocycles. The van der Waals surface area contributed by atoms with Gasteiger partial charge in [-0.1, -0.05) is 32.1 Å². The van der Waals surface area contributed by atoms with E-state index in [4.69, 9.17) is 0 Å². The second-order valence-corrected chi connectivity index (χ2v) is 6.99. The minimum atomic E-state index is -0.825. The normalized spacial score (nSPS) is 20.5. The Morgan fingerprint density at radius 2 is 1.75 bits per heavy atom. The van der Waals surface area contributed by atoms with E-state index in [1.165, 1.54) is 18.3 Å². The summed E-state index contributed by atoms with van der Waals surface area (Å²) in [5.74, 6) is -0.360. The Labute approximate surface area is 141 Å². The molecule has 1 heterocycles. The minimum absolute atomic E-state index is 0.0492. The second kappa shape index (κ2) is 7.20. The number of hydrogen-bond acceptors (Lipinski definition) is 3. The van der Waals surface area contributed by atoms with E-state index in [0.717, 1.165) is 44.9 Å². The molecule has 1 aromatic heterocycles. The molecule has 0 bridgehead atoms. The van der Waals surface area contributed by atoms with Gasteiger partial charge < -0.3 is 15.6 Å². The summed E-state index contributed by atoms with van der Waals surface area (Å²) in [5.41, 5.74) is -0.709. The molecule has 2 amide bonds. The second-order valence-electron chi connectivity index (χ2n) is 6.99. The molecule has 2 aliphatic carbocycles. The highest BCUT2D eigenvalue weighted by atomic mass is 16.2. The van der Waals surface area contributed by atoms with Gasteiger partial charge in [-0.2, -0.15) is 0 Å². The molecular formula is C18H25N3O3. The van der Waals surface area contributed by atoms with Gasteiger partial charge in [-0.25, -0.2) is 0 Å². The third kappa shape index (κ3) is 3.68. The average Bonchev–Trinajstić information content (AvgIpc) is 3.09. The molecule has 1 aromatic rings. The standard InChI is InChI=1S/C18H25N3O3/c22-15-9-8-13(12-19-15)16(23)21-18(10-4-1-5-11-18)17(24)20-14-6-2-3-7-14/h8-9,12,14H,1-7,10-11H2,(H,19,22)(H,20,24)(H,21,23). The first-order valence-corrected chi connectivity index (χ1v) is 8.91. The van der Waals surface area contributed by atoms with E-state index in [1.807, 2.05) is 0 Å². The van der Waals surface area contributed by atoms with Gasteiger partial charge in [0, 0.05) is 18.3 Å². The van der Waals surface area contributed by atoms with Crippen LogP contribution in [0.15, 0.2) is 23.1 Å². The Morgan fingerprint density at radius 1 is 1.04 bits per heavy atom. The number of aromatic amines is 1. The van der Waals surface area contributed by atoms with E-state index >= 15 is 0 Å². The summed E-state index contributed by atoms with van der Waals surface area (Å²) >= 11 is 0. The van der Waals surface area contributed by atoms with Crippen molar-refractivity contribution >= 4 is 11.8 Å². The highest BCUT2D eigenvalue weighted by Gasteiger charge is 2.41. The number of aromatic nitrogens is 1. The van der Waals surface area contributed by atoms with Crippen LogP contribution in [0.5, 0.6) is 0 Å². The largest absolute Gasteiger partial charge is 0.351 e. The van der Waals surface area contributed by atoms with Crippen LogP contribution < -0.4 is 16.2 Å². The summed E-state index contributed by atoms with van der Waals surface area (Å²) in [6, 6.07) is 3.04. The van der Waals surface area contributed by atoms with Gasteiger partial charge in [0.2, 0.25) is 11.5 Å². The Bertz CT molecular complexity index is 635. The van der Waals surface area contributed by atoms with Crippen LogP contribution in [0.4, 0.5) is 0 Å². The quantitative estimate of drug-likeness (QED) is 0.786. The number of H-pyrrole nitrogens is 1. The lowest BCUT2D eigenvalue weighted by molar-refractivity contribution is -0.129. The minimum Gasteiger partial charge on any atom is -0.351 e. The molecule has 3 rings (SSSR count). The smallest absolute Gasteiger partial charge is 0.253 e. The van der Waals surface area contributed by atoms with Gasteiger partial charge in [0.05, 0.1) is 5.56 Å². The lowest BCUT2D eigenvalue weighted by Gasteiger charge is -2.37. The molecule has 0 radical (unpaired) electrons. The predicted molar refractivity (Wildman–Crippen MR) is 90.7 cm³/mol. The van der Waals surface area contributed by atoms with Crippen LogP contribution in [0.3, 0.4) is 0 Å². The Kier molecular flexibility index (Phi) is 5.02. The maximum atomic E-state index is 12.9. The summed E-state index contributed by atoms with van der Waals surface area (Å²) in [6.07, 6.45) is 10.0. The molecule has 130 valence electrons. The van der Waals surface area contributed by atoms with Gasteiger partial charge in [0.1, 0.15) is 5.54 Å². The van der Waals surface area contributed by atoms with Gasteiger partial charge in [-0.05, 0) is 31.7 Å². The highest BCUT2D eigenvalue weighted by Crippen LogP contribution is 2.30. The van der Waals surface area contributed by atoms with Crippen molar-refractivity contribution in [2.45, 2.75) is 69.4 Å². The van der Waals surface area contributed by atoms with Crippen LogP contribution in [0.25, 0.3) is 0 Å². The lowest BCUT2D eigenvalue weighted by atomic mass is 9.80. The summed E-state index contributed by atoms with van der Waals surface area (Å²) in [6.45, 7) is 0. The van der Waals surface area contributed by atoms with Crippen LogP contribution in [-0.4, -0.2) is 28.4 Å². The topological polar surface area (TPSA) is 91.1 Å². The van der Waals surface area contributed by atoms with Crippen molar-refractivity contribution in [3.63, 3.8) is 0 Å².